The lowest BCUT2D eigenvalue weighted by molar-refractivity contribution is 0.721. The van der Waals surface area contributed by atoms with Crippen LogP contribution in [0, 0.1) is 12.8 Å². The van der Waals surface area contributed by atoms with Crippen LogP contribution in [0.15, 0.2) is 11.4 Å². The third-order valence-corrected chi connectivity index (χ3v) is 5.06. The monoisotopic (exact) mass is 244 g/mol. The molecule has 2 unspecified atom stereocenters. The summed E-state index contributed by atoms with van der Waals surface area (Å²) in [6.07, 6.45) is 1.36. The van der Waals surface area contributed by atoms with Gasteiger partial charge in [-0.2, -0.15) is 0 Å². The Hall–Kier alpha value is 0.180. The van der Waals surface area contributed by atoms with Gasteiger partial charge in [0.15, 0.2) is 0 Å². The van der Waals surface area contributed by atoms with Crippen LogP contribution in [-0.4, -0.2) is 5.33 Å². The molecule has 0 aliphatic heterocycles. The van der Waals surface area contributed by atoms with E-state index in [0.29, 0.717) is 5.41 Å². The van der Waals surface area contributed by atoms with Crippen LogP contribution in [0.25, 0.3) is 0 Å². The van der Waals surface area contributed by atoms with E-state index < -0.39 is 0 Å². The Bertz CT molecular complexity index is 292. The molecule has 0 radical (unpaired) electrons. The van der Waals surface area contributed by atoms with E-state index in [1.165, 1.54) is 12.0 Å². The molecule has 0 nitrogen and oxygen atoms in total. The fourth-order valence-electron chi connectivity index (χ4n) is 1.91. The van der Waals surface area contributed by atoms with Crippen LogP contribution >= 0.6 is 27.3 Å². The summed E-state index contributed by atoms with van der Waals surface area (Å²) >= 11 is 5.48. The van der Waals surface area contributed by atoms with Gasteiger partial charge < -0.3 is 0 Å². The third-order valence-electron chi connectivity index (χ3n) is 2.98. The van der Waals surface area contributed by atoms with Gasteiger partial charge in [-0.05, 0) is 36.3 Å². The van der Waals surface area contributed by atoms with Crippen molar-refractivity contribution < 1.29 is 0 Å². The largest absolute Gasteiger partial charge is 0.148 e. The van der Waals surface area contributed by atoms with Gasteiger partial charge in [-0.3, -0.25) is 0 Å². The van der Waals surface area contributed by atoms with Gasteiger partial charge in [0.1, 0.15) is 0 Å². The van der Waals surface area contributed by atoms with E-state index >= 15 is 0 Å². The van der Waals surface area contributed by atoms with E-state index in [0.717, 1.165) is 11.2 Å². The van der Waals surface area contributed by atoms with E-state index in [1.54, 1.807) is 4.88 Å². The van der Waals surface area contributed by atoms with E-state index in [1.807, 2.05) is 11.3 Å². The third kappa shape index (κ3) is 1.16. The van der Waals surface area contributed by atoms with Gasteiger partial charge in [0.2, 0.25) is 0 Å². The lowest BCUT2D eigenvalue weighted by Gasteiger charge is -2.08. The molecular formula is C10H13BrS. The molecule has 1 aromatic rings. The number of alkyl halides is 1. The second kappa shape index (κ2) is 2.85. The van der Waals surface area contributed by atoms with Crippen molar-refractivity contribution in [3.8, 4) is 0 Å². The summed E-state index contributed by atoms with van der Waals surface area (Å²) in [5.74, 6) is 0.870. The first-order valence-corrected chi connectivity index (χ1v) is 6.29. The van der Waals surface area contributed by atoms with Crippen LogP contribution in [-0.2, 0) is 5.41 Å². The molecular weight excluding hydrogens is 232 g/mol. The van der Waals surface area contributed by atoms with E-state index in [2.05, 4.69) is 41.2 Å². The Morgan fingerprint density at radius 1 is 1.75 bits per heavy atom. The lowest BCUT2D eigenvalue weighted by atomic mass is 10.0. The summed E-state index contributed by atoms with van der Waals surface area (Å²) in [6, 6.07) is 2.23. The molecule has 2 rings (SSSR count). The molecule has 2 heteroatoms. The van der Waals surface area contributed by atoms with Crippen LogP contribution < -0.4 is 0 Å². The Balaban J connectivity index is 2.27. The van der Waals surface area contributed by atoms with Crippen LogP contribution in [0.4, 0.5) is 0 Å². The molecule has 0 aromatic carbocycles. The van der Waals surface area contributed by atoms with Gasteiger partial charge in [-0.25, -0.2) is 0 Å². The zero-order valence-corrected chi connectivity index (χ0v) is 9.83. The average Bonchev–Trinajstić information content (AvgIpc) is 2.50. The first kappa shape index (κ1) is 8.76. The predicted octanol–water partition coefficient (Wildman–Crippen LogP) is 3.73. The molecule has 2 atom stereocenters. The van der Waals surface area contributed by atoms with Crippen molar-refractivity contribution in [3.05, 3.63) is 21.9 Å². The molecule has 1 fully saturated rings. The maximum Gasteiger partial charge on any atom is 0.0137 e. The van der Waals surface area contributed by atoms with Crippen LogP contribution in [0.3, 0.4) is 0 Å². The van der Waals surface area contributed by atoms with Crippen molar-refractivity contribution in [3.63, 3.8) is 0 Å². The molecule has 1 aliphatic carbocycles. The highest BCUT2D eigenvalue weighted by Gasteiger charge is 2.51. The molecule has 1 aromatic heterocycles. The Kier molecular flexibility index (Phi) is 2.08. The summed E-state index contributed by atoms with van der Waals surface area (Å²) < 4.78 is 0. The fraction of sp³-hybridized carbons (Fsp3) is 0.600. The predicted molar refractivity (Wildman–Crippen MR) is 58.3 cm³/mol. The summed E-state index contributed by atoms with van der Waals surface area (Å²) in [5.41, 5.74) is 1.98. The van der Waals surface area contributed by atoms with Gasteiger partial charge in [0, 0.05) is 15.6 Å². The minimum Gasteiger partial charge on any atom is -0.148 e. The molecule has 0 spiro atoms. The molecule has 12 heavy (non-hydrogen) atoms. The Labute approximate surface area is 86.1 Å². The molecule has 0 saturated heterocycles. The number of hydrogen-bond donors (Lipinski definition) is 0. The zero-order chi connectivity index (χ0) is 8.77. The van der Waals surface area contributed by atoms with Crippen molar-refractivity contribution in [1.29, 1.82) is 0 Å². The maximum atomic E-state index is 3.57. The van der Waals surface area contributed by atoms with E-state index in [-0.39, 0.29) is 0 Å². The standard InChI is InChI=1S/C10H13BrS/c1-7-3-4-12-9(7)10(2)5-8(10)6-11/h3-4,8H,5-6H2,1-2H3. The number of aryl methyl sites for hydroxylation is 1. The quantitative estimate of drug-likeness (QED) is 0.696. The lowest BCUT2D eigenvalue weighted by Crippen LogP contribution is -2.03. The van der Waals surface area contributed by atoms with Crippen molar-refractivity contribution >= 4 is 27.3 Å². The van der Waals surface area contributed by atoms with Crippen LogP contribution in [0.5, 0.6) is 0 Å². The van der Waals surface area contributed by atoms with Crippen molar-refractivity contribution in [2.24, 2.45) is 5.92 Å². The highest BCUT2D eigenvalue weighted by atomic mass is 79.9. The van der Waals surface area contributed by atoms with E-state index in [9.17, 15) is 0 Å². The molecule has 1 saturated carbocycles. The van der Waals surface area contributed by atoms with Gasteiger partial charge in [-0.1, -0.05) is 22.9 Å². The zero-order valence-electron chi connectivity index (χ0n) is 7.43. The topological polar surface area (TPSA) is 0 Å². The first-order valence-electron chi connectivity index (χ1n) is 4.29. The van der Waals surface area contributed by atoms with Gasteiger partial charge in [0.25, 0.3) is 0 Å². The molecule has 1 aliphatic rings. The molecule has 1 heterocycles. The first-order chi connectivity index (χ1) is 5.68. The molecule has 0 bridgehead atoms. The van der Waals surface area contributed by atoms with Crippen molar-refractivity contribution in [2.75, 3.05) is 5.33 Å². The van der Waals surface area contributed by atoms with Gasteiger partial charge >= 0.3 is 0 Å². The SMILES string of the molecule is Cc1ccsc1C1(C)CC1CBr. The second-order valence-electron chi connectivity index (χ2n) is 3.91. The van der Waals surface area contributed by atoms with E-state index in [4.69, 9.17) is 0 Å². The molecule has 0 amide bonds. The van der Waals surface area contributed by atoms with Crippen LogP contribution in [0.2, 0.25) is 0 Å². The maximum absolute atomic E-state index is 3.57. The van der Waals surface area contributed by atoms with Crippen LogP contribution in [0.1, 0.15) is 23.8 Å². The summed E-state index contributed by atoms with van der Waals surface area (Å²) in [4.78, 5) is 1.60. The minimum atomic E-state index is 0.502. The van der Waals surface area contributed by atoms with Gasteiger partial charge in [-0.15, -0.1) is 11.3 Å². The Morgan fingerprint density at radius 3 is 2.92 bits per heavy atom. The highest BCUT2D eigenvalue weighted by Crippen LogP contribution is 2.56. The minimum absolute atomic E-state index is 0.502. The fourth-order valence-corrected chi connectivity index (χ4v) is 4.04. The molecule has 66 valence electrons. The average molecular weight is 245 g/mol. The van der Waals surface area contributed by atoms with Gasteiger partial charge in [0.05, 0.1) is 0 Å². The summed E-state index contributed by atoms with van der Waals surface area (Å²) in [5, 5.41) is 3.36. The smallest absolute Gasteiger partial charge is 0.0137 e. The number of halogens is 1. The number of hydrogen-bond acceptors (Lipinski definition) is 1. The highest BCUT2D eigenvalue weighted by molar-refractivity contribution is 9.09. The second-order valence-corrected chi connectivity index (χ2v) is 5.47. The number of thiophene rings is 1. The van der Waals surface area contributed by atoms with Crippen molar-refractivity contribution in [2.45, 2.75) is 25.7 Å². The summed E-state index contributed by atoms with van der Waals surface area (Å²) in [7, 11) is 0. The summed E-state index contributed by atoms with van der Waals surface area (Å²) in [6.45, 7) is 4.61. The molecule has 0 N–H and O–H groups in total. The number of rotatable bonds is 2. The normalized spacial score (nSPS) is 33.8. The Morgan fingerprint density at radius 2 is 2.50 bits per heavy atom. The van der Waals surface area contributed by atoms with Crippen molar-refractivity contribution in [1.82, 2.24) is 0 Å².